The number of hydrogen-bond donors (Lipinski definition) is 2. The largest absolute Gasteiger partial charge is 0.318 e. The van der Waals surface area contributed by atoms with Crippen molar-refractivity contribution < 1.29 is 9.59 Å². The van der Waals surface area contributed by atoms with Crippen LogP contribution >= 0.6 is 0 Å². The highest BCUT2D eigenvalue weighted by atomic mass is 16.2. The molecule has 0 aliphatic rings. The predicted molar refractivity (Wildman–Crippen MR) is 181 cm³/mol. The summed E-state index contributed by atoms with van der Waals surface area (Å²) in [5.74, 6) is 0.357. The summed E-state index contributed by atoms with van der Waals surface area (Å²) < 4.78 is 0. The maximum absolute atomic E-state index is 12.4. The Morgan fingerprint density at radius 3 is 1.05 bits per heavy atom. The van der Waals surface area contributed by atoms with Gasteiger partial charge in [0.1, 0.15) is 0 Å². The molecule has 2 aromatic carbocycles. The van der Waals surface area contributed by atoms with Gasteiger partial charge < -0.3 is 10.6 Å². The van der Waals surface area contributed by atoms with Gasteiger partial charge in [0.25, 0.3) is 0 Å². The number of carbonyl (C=O) groups excluding carboxylic acids is 2. The van der Waals surface area contributed by atoms with Gasteiger partial charge in [-0.15, -0.1) is 0 Å². The van der Waals surface area contributed by atoms with Gasteiger partial charge >= 0.3 is 11.8 Å². The molecule has 2 amide bonds. The van der Waals surface area contributed by atoms with Crippen LogP contribution in [0.15, 0.2) is 48.5 Å². The van der Waals surface area contributed by atoms with E-state index in [4.69, 9.17) is 0 Å². The van der Waals surface area contributed by atoms with E-state index < -0.39 is 11.8 Å². The number of benzene rings is 2. The van der Waals surface area contributed by atoms with Crippen molar-refractivity contribution in [1.29, 1.82) is 0 Å². The number of amides is 2. The van der Waals surface area contributed by atoms with Crippen molar-refractivity contribution in [1.82, 2.24) is 0 Å². The molecule has 0 spiro atoms. The van der Waals surface area contributed by atoms with Gasteiger partial charge in [0.2, 0.25) is 0 Å². The molecule has 2 rings (SSSR count). The van der Waals surface area contributed by atoms with Gasteiger partial charge in [-0.3, -0.25) is 9.59 Å². The molecular formula is C38H60N2O2. The first kappa shape index (κ1) is 35.6. The first-order valence-electron chi connectivity index (χ1n) is 17.1. The maximum Gasteiger partial charge on any atom is 0.314 e. The second-order valence-corrected chi connectivity index (χ2v) is 13.1. The average molecular weight is 577 g/mol. The van der Waals surface area contributed by atoms with Crippen LogP contribution in [0.1, 0.15) is 142 Å². The van der Waals surface area contributed by atoms with E-state index in [1.165, 1.54) is 114 Å². The lowest BCUT2D eigenvalue weighted by atomic mass is 10.0. The van der Waals surface area contributed by atoms with Gasteiger partial charge in [-0.05, 0) is 72.9 Å². The minimum atomic E-state index is -0.649. The second kappa shape index (κ2) is 22.0. The van der Waals surface area contributed by atoms with E-state index in [9.17, 15) is 9.59 Å². The molecule has 42 heavy (non-hydrogen) atoms. The summed E-state index contributed by atoms with van der Waals surface area (Å²) in [7, 11) is 0. The topological polar surface area (TPSA) is 58.2 Å². The van der Waals surface area contributed by atoms with E-state index in [1.807, 2.05) is 48.5 Å². The lowest BCUT2D eigenvalue weighted by Gasteiger charge is -2.09. The average Bonchev–Trinajstić information content (AvgIpc) is 2.96. The van der Waals surface area contributed by atoms with Crippen molar-refractivity contribution >= 4 is 23.2 Å². The van der Waals surface area contributed by atoms with Crippen LogP contribution in [0.4, 0.5) is 11.4 Å². The fourth-order valence-electron chi connectivity index (χ4n) is 5.42. The third-order valence-electron chi connectivity index (χ3n) is 8.12. The molecule has 0 atom stereocenters. The van der Waals surface area contributed by atoms with Crippen LogP contribution in [0.3, 0.4) is 0 Å². The quantitative estimate of drug-likeness (QED) is 0.108. The zero-order valence-corrected chi connectivity index (χ0v) is 27.3. The van der Waals surface area contributed by atoms with E-state index in [2.05, 4.69) is 38.3 Å². The van der Waals surface area contributed by atoms with E-state index in [1.54, 1.807) is 0 Å². The molecule has 0 bridgehead atoms. The second-order valence-electron chi connectivity index (χ2n) is 13.1. The number of nitrogens with one attached hydrogen (secondary N) is 2. The SMILES string of the molecule is CC(C)CCCCCCCCCc1ccc(NC(=O)C(=O)Nc2ccc(CCCCCCCCCC(C)C)cc2)cc1. The molecule has 0 aliphatic heterocycles. The first-order valence-corrected chi connectivity index (χ1v) is 17.1. The molecule has 0 aromatic heterocycles. The van der Waals surface area contributed by atoms with Crippen LogP contribution in [0.5, 0.6) is 0 Å². The molecular weight excluding hydrogens is 516 g/mol. The van der Waals surface area contributed by atoms with Crippen LogP contribution in [-0.4, -0.2) is 11.8 Å². The van der Waals surface area contributed by atoms with E-state index in [0.717, 1.165) is 24.7 Å². The minimum absolute atomic E-state index is 0.645. The number of carbonyl (C=O) groups is 2. The summed E-state index contributed by atoms with van der Waals surface area (Å²) in [6.45, 7) is 9.21. The third-order valence-corrected chi connectivity index (χ3v) is 8.12. The number of hydrogen-bond acceptors (Lipinski definition) is 2. The summed E-state index contributed by atoms with van der Waals surface area (Å²) >= 11 is 0. The van der Waals surface area contributed by atoms with Crippen LogP contribution in [-0.2, 0) is 22.4 Å². The van der Waals surface area contributed by atoms with Crippen LogP contribution in [0.25, 0.3) is 0 Å². The molecule has 0 unspecified atom stereocenters. The Balaban J connectivity index is 1.56. The third kappa shape index (κ3) is 17.4. The Hall–Kier alpha value is -2.62. The molecule has 234 valence electrons. The highest BCUT2D eigenvalue weighted by Crippen LogP contribution is 2.17. The smallest absolute Gasteiger partial charge is 0.314 e. The highest BCUT2D eigenvalue weighted by molar-refractivity contribution is 6.43. The van der Waals surface area contributed by atoms with Gasteiger partial charge in [-0.2, -0.15) is 0 Å². The standard InChI is InChI=1S/C38H60N2O2/c1-31(2)19-15-11-7-5-9-13-17-21-33-23-27-35(28-24-33)39-37(41)38(42)40-36-29-25-34(26-30-36)22-18-14-10-6-8-12-16-20-32(3)4/h23-32H,5-22H2,1-4H3,(H,39,41)(H,40,42). The number of rotatable bonds is 22. The zero-order valence-electron chi connectivity index (χ0n) is 27.3. The Kier molecular flexibility index (Phi) is 18.6. The lowest BCUT2D eigenvalue weighted by Crippen LogP contribution is -2.29. The van der Waals surface area contributed by atoms with Crippen LogP contribution in [0, 0.1) is 11.8 Å². The molecule has 0 saturated heterocycles. The van der Waals surface area contributed by atoms with Crippen molar-refractivity contribution in [2.24, 2.45) is 11.8 Å². The Bertz CT molecular complexity index is 898. The molecule has 4 heteroatoms. The first-order chi connectivity index (χ1) is 20.3. The summed E-state index contributed by atoms with van der Waals surface area (Å²) in [6, 6.07) is 15.7. The number of anilines is 2. The molecule has 2 aromatic rings. The fraction of sp³-hybridized carbons (Fsp3) is 0.632. The Morgan fingerprint density at radius 2 is 0.738 bits per heavy atom. The number of aryl methyl sites for hydroxylation is 2. The predicted octanol–water partition coefficient (Wildman–Crippen LogP) is 10.9. The molecule has 0 heterocycles. The van der Waals surface area contributed by atoms with Crippen molar-refractivity contribution in [2.75, 3.05) is 10.6 Å². The van der Waals surface area contributed by atoms with E-state index >= 15 is 0 Å². The van der Waals surface area contributed by atoms with Crippen LogP contribution < -0.4 is 10.6 Å². The molecule has 0 saturated carbocycles. The normalized spacial score (nSPS) is 11.3. The molecule has 0 fully saturated rings. The Labute approximate surface area is 257 Å². The van der Waals surface area contributed by atoms with E-state index in [0.29, 0.717) is 11.4 Å². The minimum Gasteiger partial charge on any atom is -0.318 e. The van der Waals surface area contributed by atoms with E-state index in [-0.39, 0.29) is 0 Å². The van der Waals surface area contributed by atoms with Gasteiger partial charge in [0.15, 0.2) is 0 Å². The molecule has 0 radical (unpaired) electrons. The Morgan fingerprint density at radius 1 is 0.452 bits per heavy atom. The summed E-state index contributed by atoms with van der Waals surface area (Å²) in [4.78, 5) is 24.9. The molecule has 4 nitrogen and oxygen atoms in total. The van der Waals surface area contributed by atoms with Gasteiger partial charge in [-0.25, -0.2) is 0 Å². The maximum atomic E-state index is 12.4. The van der Waals surface area contributed by atoms with Gasteiger partial charge in [-0.1, -0.05) is 142 Å². The summed E-state index contributed by atoms with van der Waals surface area (Å²) in [6.07, 6.45) is 23.2. The highest BCUT2D eigenvalue weighted by Gasteiger charge is 2.14. The summed E-state index contributed by atoms with van der Waals surface area (Å²) in [5, 5.41) is 5.44. The van der Waals surface area contributed by atoms with Gasteiger partial charge in [0.05, 0.1) is 0 Å². The van der Waals surface area contributed by atoms with Crippen molar-refractivity contribution in [2.45, 2.75) is 143 Å². The molecule has 2 N–H and O–H groups in total. The number of unbranched alkanes of at least 4 members (excludes halogenated alkanes) is 12. The summed E-state index contributed by atoms with van der Waals surface area (Å²) in [5.41, 5.74) is 3.83. The molecule has 0 aliphatic carbocycles. The lowest BCUT2D eigenvalue weighted by molar-refractivity contribution is -0.132. The zero-order chi connectivity index (χ0) is 30.4. The monoisotopic (exact) mass is 576 g/mol. The van der Waals surface area contributed by atoms with Gasteiger partial charge in [0, 0.05) is 11.4 Å². The van der Waals surface area contributed by atoms with Crippen molar-refractivity contribution in [3.05, 3.63) is 59.7 Å². The van der Waals surface area contributed by atoms with Crippen LogP contribution in [0.2, 0.25) is 0 Å². The van der Waals surface area contributed by atoms with Crippen molar-refractivity contribution in [3.8, 4) is 0 Å². The van der Waals surface area contributed by atoms with Crippen molar-refractivity contribution in [3.63, 3.8) is 0 Å². The fourth-order valence-corrected chi connectivity index (χ4v) is 5.42.